The lowest BCUT2D eigenvalue weighted by Crippen LogP contribution is -1.94. The van der Waals surface area contributed by atoms with Crippen LogP contribution in [0.1, 0.15) is 6.42 Å². The Morgan fingerprint density at radius 3 is 1.72 bits per heavy atom. The van der Waals surface area contributed by atoms with E-state index in [4.69, 9.17) is 4.98 Å². The van der Waals surface area contributed by atoms with Gasteiger partial charge in [-0.05, 0) is 101 Å². The van der Waals surface area contributed by atoms with Gasteiger partial charge in [0.05, 0.1) is 44.8 Å². The normalized spacial score (nSPS) is 12.8. The molecule has 0 aliphatic heterocycles. The third-order valence-corrected chi connectivity index (χ3v) is 11.1. The quantitative estimate of drug-likeness (QED) is 0.185. The number of hydrogen-bond donors (Lipinski definition) is 1. The summed E-state index contributed by atoms with van der Waals surface area (Å²) in [6, 6.07) is 53.8. The molecule has 0 radical (unpaired) electrons. The first-order valence-corrected chi connectivity index (χ1v) is 19.3. The van der Waals surface area contributed by atoms with Gasteiger partial charge in [0, 0.05) is 50.8 Å². The smallest absolute Gasteiger partial charge is 0.0900 e. The Labute approximate surface area is 329 Å². The topological polar surface area (TPSA) is 59.4 Å². The fraction of sp³-hybridized carbons (Fsp3) is 0.0192. The number of nitrogens with zero attached hydrogens (tertiary/aromatic N) is 4. The molecule has 1 aliphatic rings. The van der Waals surface area contributed by atoms with Crippen LogP contribution in [-0.2, 0) is 0 Å². The van der Waals surface area contributed by atoms with Crippen LogP contribution in [0.25, 0.3) is 105 Å². The van der Waals surface area contributed by atoms with Crippen molar-refractivity contribution in [3.05, 3.63) is 194 Å². The molecule has 0 saturated heterocycles. The largest absolute Gasteiger partial charge is 0.353 e. The van der Waals surface area contributed by atoms with E-state index in [9.17, 15) is 0 Å². The van der Waals surface area contributed by atoms with Gasteiger partial charge in [-0.25, -0.2) is 4.98 Å². The number of hydrogen-bond acceptors (Lipinski definition) is 3. The molecular formula is C52H35N5. The highest BCUT2D eigenvalue weighted by molar-refractivity contribution is 6.17. The fourth-order valence-electron chi connectivity index (χ4n) is 8.40. The maximum atomic E-state index is 5.03. The van der Waals surface area contributed by atoms with Crippen molar-refractivity contribution in [2.75, 3.05) is 0 Å². The maximum Gasteiger partial charge on any atom is 0.0900 e. The first-order valence-electron chi connectivity index (χ1n) is 19.3. The lowest BCUT2D eigenvalue weighted by molar-refractivity contribution is 1.22. The molecule has 0 atom stereocenters. The van der Waals surface area contributed by atoms with Crippen LogP contribution in [0.2, 0.25) is 0 Å². The van der Waals surface area contributed by atoms with Crippen molar-refractivity contribution in [1.29, 1.82) is 0 Å². The van der Waals surface area contributed by atoms with Crippen LogP contribution in [0.3, 0.4) is 0 Å². The summed E-state index contributed by atoms with van der Waals surface area (Å²) in [5, 5.41) is 4.80. The van der Waals surface area contributed by atoms with Crippen LogP contribution in [0, 0.1) is 0 Å². The molecule has 10 aromatic rings. The Kier molecular flexibility index (Phi) is 7.81. The van der Waals surface area contributed by atoms with E-state index in [-0.39, 0.29) is 0 Å². The van der Waals surface area contributed by atoms with Crippen molar-refractivity contribution in [2.45, 2.75) is 6.42 Å². The molecule has 0 fully saturated rings. The molecule has 0 saturated carbocycles. The number of fused-ring (bicyclic) bond motifs is 6. The first kappa shape index (κ1) is 32.8. The van der Waals surface area contributed by atoms with Gasteiger partial charge in [-0.15, -0.1) is 0 Å². The van der Waals surface area contributed by atoms with E-state index in [1.54, 1.807) is 0 Å². The van der Waals surface area contributed by atoms with Crippen molar-refractivity contribution in [2.24, 2.45) is 0 Å². The summed E-state index contributed by atoms with van der Waals surface area (Å²) in [5.74, 6) is 0. The summed E-state index contributed by atoms with van der Waals surface area (Å²) in [7, 11) is 0. The molecule has 0 spiro atoms. The molecule has 0 amide bonds. The number of allylic oxidation sites excluding steroid dienone is 6. The Balaban J connectivity index is 1.11. The summed E-state index contributed by atoms with van der Waals surface area (Å²) in [4.78, 5) is 18.3. The number of pyridine rings is 3. The number of rotatable bonds is 6. The average molecular weight is 730 g/mol. The second kappa shape index (κ2) is 13.6. The minimum Gasteiger partial charge on any atom is -0.353 e. The summed E-state index contributed by atoms with van der Waals surface area (Å²) < 4.78 is 2.40. The molecule has 1 aliphatic carbocycles. The molecule has 5 heterocycles. The molecular weight excluding hydrogens is 695 g/mol. The SMILES string of the molecule is C1=CCC=CC(n2c3ccc(-c4ccccc4)cc3c3cc(-c4cccc5c4[nH]c4c(-c6cc(-c7ccccn7)nc(-c7ccccn7)c6)cccc45)ccc32)=C1. The molecule has 5 aromatic carbocycles. The number of para-hydroxylation sites is 2. The number of H-pyrrole nitrogens is 1. The van der Waals surface area contributed by atoms with Crippen LogP contribution in [0.4, 0.5) is 0 Å². The molecule has 11 rings (SSSR count). The predicted molar refractivity (Wildman–Crippen MR) is 237 cm³/mol. The van der Waals surface area contributed by atoms with Crippen molar-refractivity contribution in [1.82, 2.24) is 24.5 Å². The maximum absolute atomic E-state index is 5.03. The van der Waals surface area contributed by atoms with Gasteiger partial charge in [0.2, 0.25) is 0 Å². The van der Waals surface area contributed by atoms with Crippen molar-refractivity contribution in [3.63, 3.8) is 0 Å². The van der Waals surface area contributed by atoms with E-state index >= 15 is 0 Å². The molecule has 1 N–H and O–H groups in total. The lowest BCUT2D eigenvalue weighted by atomic mass is 9.98. The van der Waals surface area contributed by atoms with Gasteiger partial charge in [0.15, 0.2) is 0 Å². The predicted octanol–water partition coefficient (Wildman–Crippen LogP) is 13.3. The summed E-state index contributed by atoms with van der Waals surface area (Å²) >= 11 is 0. The zero-order valence-electron chi connectivity index (χ0n) is 31.0. The van der Waals surface area contributed by atoms with Crippen LogP contribution in [0.5, 0.6) is 0 Å². The first-order chi connectivity index (χ1) is 28.3. The highest BCUT2D eigenvalue weighted by atomic mass is 15.0. The van der Waals surface area contributed by atoms with E-state index in [1.165, 1.54) is 43.7 Å². The Hall–Kier alpha value is -7.63. The summed E-state index contributed by atoms with van der Waals surface area (Å²) in [5.41, 5.74) is 15.8. The lowest BCUT2D eigenvalue weighted by Gasteiger charge is -2.10. The molecule has 5 heteroatoms. The number of benzene rings is 5. The second-order valence-corrected chi connectivity index (χ2v) is 14.5. The monoisotopic (exact) mass is 729 g/mol. The summed E-state index contributed by atoms with van der Waals surface area (Å²) in [6.45, 7) is 0. The standard InChI is InChI=1S/C52H35N5/c1-2-7-17-38(16-6-1)57-49-26-24-35(34-14-4-3-5-15-34)30-43(49)44-31-36(25-27-50(44)57)39-18-12-20-41-42-21-13-19-40(52(42)56-51(39)41)37-32-47(45-22-8-10-28-53-45)55-48(33-37)46-23-9-11-29-54-46/h1,3-33,56H,2H2. The molecule has 5 nitrogen and oxygen atoms in total. The van der Waals surface area contributed by atoms with E-state index < -0.39 is 0 Å². The van der Waals surface area contributed by atoms with E-state index in [0.717, 1.165) is 68.2 Å². The highest BCUT2D eigenvalue weighted by Gasteiger charge is 2.19. The van der Waals surface area contributed by atoms with E-state index in [0.29, 0.717) is 0 Å². The summed E-state index contributed by atoms with van der Waals surface area (Å²) in [6.07, 6.45) is 15.6. The van der Waals surface area contributed by atoms with Crippen LogP contribution in [-0.4, -0.2) is 24.5 Å². The molecule has 268 valence electrons. The van der Waals surface area contributed by atoms with Gasteiger partial charge in [-0.1, -0.05) is 109 Å². The third-order valence-electron chi connectivity index (χ3n) is 11.1. The van der Waals surface area contributed by atoms with Gasteiger partial charge in [0.1, 0.15) is 0 Å². The fourth-order valence-corrected chi connectivity index (χ4v) is 8.40. The Morgan fingerprint density at radius 1 is 0.456 bits per heavy atom. The Bertz CT molecular complexity index is 3180. The minimum absolute atomic E-state index is 0.802. The van der Waals surface area contributed by atoms with Crippen molar-refractivity contribution in [3.8, 4) is 56.2 Å². The third kappa shape index (κ3) is 5.68. The molecule has 5 aromatic heterocycles. The van der Waals surface area contributed by atoms with Gasteiger partial charge < -0.3 is 9.55 Å². The van der Waals surface area contributed by atoms with Crippen molar-refractivity contribution < 1.29 is 0 Å². The molecule has 0 unspecified atom stereocenters. The molecule has 57 heavy (non-hydrogen) atoms. The van der Waals surface area contributed by atoms with Crippen LogP contribution in [0.15, 0.2) is 194 Å². The number of aromatic amines is 1. The zero-order valence-corrected chi connectivity index (χ0v) is 31.0. The van der Waals surface area contributed by atoms with Gasteiger partial charge >= 0.3 is 0 Å². The van der Waals surface area contributed by atoms with Gasteiger partial charge in [-0.2, -0.15) is 0 Å². The Morgan fingerprint density at radius 2 is 1.07 bits per heavy atom. The highest BCUT2D eigenvalue weighted by Crippen LogP contribution is 2.41. The van der Waals surface area contributed by atoms with Crippen LogP contribution < -0.4 is 0 Å². The van der Waals surface area contributed by atoms with E-state index in [1.807, 2.05) is 48.8 Å². The molecule has 0 bridgehead atoms. The van der Waals surface area contributed by atoms with Crippen molar-refractivity contribution >= 4 is 49.3 Å². The minimum atomic E-state index is 0.802. The van der Waals surface area contributed by atoms with Crippen LogP contribution >= 0.6 is 0 Å². The average Bonchev–Trinajstić information content (AvgIpc) is 3.69. The number of aromatic nitrogens is 5. The van der Waals surface area contributed by atoms with Gasteiger partial charge in [-0.3, -0.25) is 9.97 Å². The zero-order chi connectivity index (χ0) is 37.7. The van der Waals surface area contributed by atoms with E-state index in [2.05, 4.69) is 165 Å². The second-order valence-electron chi connectivity index (χ2n) is 14.5. The number of nitrogens with one attached hydrogen (secondary N) is 1. The van der Waals surface area contributed by atoms with Gasteiger partial charge in [0.25, 0.3) is 0 Å².